The minimum atomic E-state index is -4.38. The van der Waals surface area contributed by atoms with Crippen LogP contribution in [0.3, 0.4) is 0 Å². The van der Waals surface area contributed by atoms with E-state index in [2.05, 4.69) is 5.32 Å². The molecule has 0 bridgehead atoms. The maximum atomic E-state index is 14.1. The van der Waals surface area contributed by atoms with Crippen LogP contribution in [-0.2, 0) is 14.9 Å². The van der Waals surface area contributed by atoms with Crippen LogP contribution in [0.5, 0.6) is 0 Å². The summed E-state index contributed by atoms with van der Waals surface area (Å²) in [6, 6.07) is 7.47. The number of carbonyl (C=O) groups is 2. The Kier molecular flexibility index (Phi) is 5.15. The van der Waals surface area contributed by atoms with E-state index in [1.54, 1.807) is 18.2 Å². The summed E-state index contributed by atoms with van der Waals surface area (Å²) in [6.07, 6.45) is -0.549. The molecule has 0 saturated heterocycles. The Morgan fingerprint density at radius 2 is 1.83 bits per heavy atom. The third-order valence-electron chi connectivity index (χ3n) is 3.37. The van der Waals surface area contributed by atoms with Gasteiger partial charge < -0.3 is 10.4 Å². The van der Waals surface area contributed by atoms with E-state index in [0.29, 0.717) is 10.8 Å². The van der Waals surface area contributed by atoms with Crippen molar-refractivity contribution in [3.8, 4) is 0 Å². The number of rotatable bonds is 6. The van der Waals surface area contributed by atoms with Gasteiger partial charge >= 0.3 is 5.97 Å². The van der Waals surface area contributed by atoms with E-state index < -0.39 is 46.0 Å². The van der Waals surface area contributed by atoms with E-state index in [-0.39, 0.29) is 5.56 Å². The standard InChI is InChI=1S/C15H14FNO6S/c16-11-6-5-9-3-1-2-4-10(9)13(11)14(18)17-12(15(19)20)7-8-24(21,22)23/h1-6,12H,7-8H2,(H,17,18)(H,19,20)(H,21,22,23)/t12-/m0/s1. The average Bonchev–Trinajstić information content (AvgIpc) is 2.49. The fraction of sp³-hybridized carbons (Fsp3) is 0.200. The summed E-state index contributed by atoms with van der Waals surface area (Å²) < 4.78 is 44.2. The van der Waals surface area contributed by atoms with Crippen LogP contribution in [0.25, 0.3) is 10.8 Å². The molecule has 128 valence electrons. The quantitative estimate of drug-likeness (QED) is 0.674. The molecule has 0 heterocycles. The molecule has 3 N–H and O–H groups in total. The number of aliphatic carboxylic acids is 1. The highest BCUT2D eigenvalue weighted by atomic mass is 32.2. The number of fused-ring (bicyclic) bond motifs is 1. The van der Waals surface area contributed by atoms with Crippen molar-refractivity contribution >= 4 is 32.8 Å². The Balaban J connectivity index is 2.31. The van der Waals surface area contributed by atoms with Gasteiger partial charge in [0, 0.05) is 0 Å². The second-order valence-corrected chi connectivity index (χ2v) is 6.65. The minimum Gasteiger partial charge on any atom is -0.480 e. The maximum Gasteiger partial charge on any atom is 0.326 e. The molecular formula is C15H14FNO6S. The minimum absolute atomic E-state index is 0.300. The molecule has 24 heavy (non-hydrogen) atoms. The molecule has 0 spiro atoms. The van der Waals surface area contributed by atoms with E-state index in [1.807, 2.05) is 0 Å². The summed E-state index contributed by atoms with van der Waals surface area (Å²) in [5.41, 5.74) is -0.328. The Labute approximate surface area is 136 Å². The Hall–Kier alpha value is -2.52. The summed E-state index contributed by atoms with van der Waals surface area (Å²) in [4.78, 5) is 23.4. The molecule has 1 amide bonds. The van der Waals surface area contributed by atoms with Gasteiger partial charge in [-0.25, -0.2) is 9.18 Å². The van der Waals surface area contributed by atoms with E-state index in [4.69, 9.17) is 9.66 Å². The average molecular weight is 355 g/mol. The largest absolute Gasteiger partial charge is 0.480 e. The van der Waals surface area contributed by atoms with Crippen LogP contribution in [0.1, 0.15) is 16.8 Å². The van der Waals surface area contributed by atoms with Gasteiger partial charge in [-0.3, -0.25) is 9.35 Å². The molecule has 1 atom stereocenters. The molecule has 0 fully saturated rings. The second kappa shape index (κ2) is 6.93. The van der Waals surface area contributed by atoms with Crippen LogP contribution in [0.15, 0.2) is 36.4 Å². The van der Waals surface area contributed by atoms with E-state index in [9.17, 15) is 22.4 Å². The first-order valence-corrected chi connectivity index (χ1v) is 8.46. The number of benzene rings is 2. The van der Waals surface area contributed by atoms with Gasteiger partial charge in [-0.2, -0.15) is 8.42 Å². The normalized spacial score (nSPS) is 12.8. The van der Waals surface area contributed by atoms with Crippen LogP contribution in [-0.4, -0.2) is 41.7 Å². The van der Waals surface area contributed by atoms with Gasteiger partial charge in [-0.15, -0.1) is 0 Å². The second-order valence-electron chi connectivity index (χ2n) is 5.08. The van der Waals surface area contributed by atoms with Gasteiger partial charge in [0.05, 0.1) is 11.3 Å². The number of hydrogen-bond acceptors (Lipinski definition) is 4. The molecule has 2 rings (SSSR count). The molecule has 0 aromatic heterocycles. The highest BCUT2D eigenvalue weighted by molar-refractivity contribution is 7.85. The molecule has 0 radical (unpaired) electrons. The summed E-state index contributed by atoms with van der Waals surface area (Å²) >= 11 is 0. The molecule has 0 saturated carbocycles. The van der Waals surface area contributed by atoms with E-state index in [1.165, 1.54) is 12.1 Å². The van der Waals surface area contributed by atoms with Crippen LogP contribution < -0.4 is 5.32 Å². The first kappa shape index (κ1) is 17.8. The van der Waals surface area contributed by atoms with Crippen molar-refractivity contribution in [2.75, 3.05) is 5.75 Å². The maximum absolute atomic E-state index is 14.1. The molecule has 9 heteroatoms. The van der Waals surface area contributed by atoms with E-state index >= 15 is 0 Å². The van der Waals surface area contributed by atoms with Crippen molar-refractivity contribution in [2.45, 2.75) is 12.5 Å². The third kappa shape index (κ3) is 4.27. The van der Waals surface area contributed by atoms with Crippen molar-refractivity contribution in [1.29, 1.82) is 0 Å². The fourth-order valence-electron chi connectivity index (χ4n) is 2.23. The lowest BCUT2D eigenvalue weighted by Gasteiger charge is -2.15. The molecule has 0 aliphatic carbocycles. The van der Waals surface area contributed by atoms with Crippen molar-refractivity contribution in [2.24, 2.45) is 0 Å². The lowest BCUT2D eigenvalue weighted by atomic mass is 10.0. The molecule has 2 aromatic carbocycles. The smallest absolute Gasteiger partial charge is 0.326 e. The molecular weight excluding hydrogens is 341 g/mol. The van der Waals surface area contributed by atoms with Crippen molar-refractivity contribution < 1.29 is 32.1 Å². The number of amides is 1. The molecule has 2 aromatic rings. The van der Waals surface area contributed by atoms with Gasteiger partial charge in [0.25, 0.3) is 16.0 Å². The van der Waals surface area contributed by atoms with Crippen molar-refractivity contribution in [3.05, 3.63) is 47.8 Å². The summed E-state index contributed by atoms with van der Waals surface area (Å²) in [7, 11) is -4.38. The Bertz CT molecular complexity index is 896. The van der Waals surface area contributed by atoms with Crippen LogP contribution in [0.4, 0.5) is 4.39 Å². The van der Waals surface area contributed by atoms with Gasteiger partial charge in [0.15, 0.2) is 0 Å². The third-order valence-corrected chi connectivity index (χ3v) is 4.12. The summed E-state index contributed by atoms with van der Waals surface area (Å²) in [5.74, 6) is -4.15. The SMILES string of the molecule is O=C(N[C@@H](CCS(=O)(=O)O)C(=O)O)c1c(F)ccc2ccccc12. The van der Waals surface area contributed by atoms with Gasteiger partial charge in [0.1, 0.15) is 11.9 Å². The Morgan fingerprint density at radius 1 is 1.17 bits per heavy atom. The van der Waals surface area contributed by atoms with Crippen LogP contribution in [0.2, 0.25) is 0 Å². The number of carbonyl (C=O) groups excluding carboxylic acids is 1. The van der Waals surface area contributed by atoms with Gasteiger partial charge in [-0.05, 0) is 23.3 Å². The molecule has 0 aliphatic heterocycles. The van der Waals surface area contributed by atoms with Crippen molar-refractivity contribution in [3.63, 3.8) is 0 Å². The lowest BCUT2D eigenvalue weighted by molar-refractivity contribution is -0.139. The zero-order valence-electron chi connectivity index (χ0n) is 12.3. The number of carboxylic acid groups (broad SMARTS) is 1. The predicted octanol–water partition coefficient (Wildman–Crippen LogP) is 1.44. The van der Waals surface area contributed by atoms with Crippen LogP contribution in [0, 0.1) is 5.82 Å². The first-order chi connectivity index (χ1) is 11.2. The Morgan fingerprint density at radius 3 is 2.46 bits per heavy atom. The molecule has 0 aliphatic rings. The molecule has 0 unspecified atom stereocenters. The van der Waals surface area contributed by atoms with Gasteiger partial charge in [0.2, 0.25) is 0 Å². The zero-order valence-corrected chi connectivity index (χ0v) is 13.1. The first-order valence-electron chi connectivity index (χ1n) is 6.85. The molecule has 7 nitrogen and oxygen atoms in total. The fourth-order valence-corrected chi connectivity index (χ4v) is 2.76. The van der Waals surface area contributed by atoms with E-state index in [0.717, 1.165) is 6.07 Å². The van der Waals surface area contributed by atoms with Crippen LogP contribution >= 0.6 is 0 Å². The monoisotopic (exact) mass is 355 g/mol. The zero-order chi connectivity index (χ0) is 17.9. The highest BCUT2D eigenvalue weighted by Crippen LogP contribution is 2.21. The summed E-state index contributed by atoms with van der Waals surface area (Å²) in [6.45, 7) is 0. The van der Waals surface area contributed by atoms with Gasteiger partial charge in [-0.1, -0.05) is 30.3 Å². The number of hydrogen-bond donors (Lipinski definition) is 3. The lowest BCUT2D eigenvalue weighted by Crippen LogP contribution is -2.42. The number of nitrogens with one attached hydrogen (secondary N) is 1. The number of carboxylic acids is 1. The highest BCUT2D eigenvalue weighted by Gasteiger charge is 2.25. The number of halogens is 1. The topological polar surface area (TPSA) is 121 Å². The predicted molar refractivity (Wildman–Crippen MR) is 83.8 cm³/mol. The summed E-state index contributed by atoms with van der Waals surface area (Å²) in [5, 5.41) is 12.0. The van der Waals surface area contributed by atoms with Crippen molar-refractivity contribution in [1.82, 2.24) is 5.32 Å².